The molecule has 5 heteroatoms. The van der Waals surface area contributed by atoms with Gasteiger partial charge in [0.25, 0.3) is 0 Å². The van der Waals surface area contributed by atoms with Gasteiger partial charge in [-0.1, -0.05) is 32.9 Å². The number of halogens is 1. The molecule has 1 aromatic heterocycles. The Balaban J connectivity index is 2.15. The predicted molar refractivity (Wildman–Crippen MR) is 87.7 cm³/mol. The highest BCUT2D eigenvalue weighted by molar-refractivity contribution is 5.52. The van der Waals surface area contributed by atoms with E-state index in [1.165, 1.54) is 6.07 Å². The fraction of sp³-hybridized carbons (Fsp3) is 0.333. The van der Waals surface area contributed by atoms with Gasteiger partial charge in [0.15, 0.2) is 11.6 Å². The molecule has 1 unspecified atom stereocenters. The Morgan fingerprint density at radius 2 is 2.00 bits per heavy atom. The number of benzene rings is 1. The van der Waals surface area contributed by atoms with E-state index in [0.717, 1.165) is 0 Å². The molecule has 0 saturated heterocycles. The van der Waals surface area contributed by atoms with Crippen LogP contribution in [0.25, 0.3) is 0 Å². The lowest BCUT2D eigenvalue weighted by Gasteiger charge is -2.32. The lowest BCUT2D eigenvalue weighted by molar-refractivity contribution is 0.212. The van der Waals surface area contributed by atoms with Gasteiger partial charge < -0.3 is 10.1 Å². The normalized spacial score (nSPS) is 12.3. The van der Waals surface area contributed by atoms with Crippen molar-refractivity contribution in [2.45, 2.75) is 26.8 Å². The number of rotatable bonds is 5. The summed E-state index contributed by atoms with van der Waals surface area (Å²) in [6.07, 6.45) is 1.63. The fourth-order valence-electron chi connectivity index (χ4n) is 2.02. The zero-order chi connectivity index (χ0) is 16.9. The molecule has 0 radical (unpaired) electrons. The maximum atomic E-state index is 13.7. The van der Waals surface area contributed by atoms with Crippen molar-refractivity contribution in [3.05, 3.63) is 54.0 Å². The molecule has 1 atom stereocenters. The number of para-hydroxylation sites is 1. The quantitative estimate of drug-likeness (QED) is 0.906. The number of hydrogen-bond donors (Lipinski definition) is 1. The average Bonchev–Trinajstić information content (AvgIpc) is 2.52. The number of hydrogen-bond acceptors (Lipinski definition) is 4. The molecule has 23 heavy (non-hydrogen) atoms. The fourth-order valence-corrected chi connectivity index (χ4v) is 2.02. The van der Waals surface area contributed by atoms with Gasteiger partial charge in [0.2, 0.25) is 0 Å². The first kappa shape index (κ1) is 16.8. The first-order valence-corrected chi connectivity index (χ1v) is 7.41. The van der Waals surface area contributed by atoms with Crippen LogP contribution in [0.15, 0.2) is 42.6 Å². The van der Waals surface area contributed by atoms with Gasteiger partial charge in [0.05, 0.1) is 11.6 Å². The second-order valence-electron chi connectivity index (χ2n) is 6.32. The van der Waals surface area contributed by atoms with Gasteiger partial charge in [-0.15, -0.1) is 0 Å². The van der Waals surface area contributed by atoms with Gasteiger partial charge in [0, 0.05) is 6.20 Å². The zero-order valence-corrected chi connectivity index (χ0v) is 13.5. The smallest absolute Gasteiger partial charge is 0.165 e. The first-order chi connectivity index (χ1) is 10.9. The molecular formula is C18H20FN3O. The lowest BCUT2D eigenvalue weighted by Crippen LogP contribution is -2.39. The van der Waals surface area contributed by atoms with Gasteiger partial charge in [-0.25, -0.2) is 9.37 Å². The third-order valence-corrected chi connectivity index (χ3v) is 3.53. The van der Waals surface area contributed by atoms with E-state index in [1.54, 1.807) is 36.5 Å². The zero-order valence-electron chi connectivity index (χ0n) is 13.5. The number of nitrogens with zero attached hydrogens (tertiary/aromatic N) is 2. The minimum absolute atomic E-state index is 0.149. The summed E-state index contributed by atoms with van der Waals surface area (Å²) in [5.41, 5.74) is 0.294. The third kappa shape index (κ3) is 4.43. The summed E-state index contributed by atoms with van der Waals surface area (Å²) in [6.45, 7) is 6.39. The van der Waals surface area contributed by atoms with Crippen LogP contribution in [0.1, 0.15) is 26.3 Å². The van der Waals surface area contributed by atoms with Crippen molar-refractivity contribution in [3.8, 4) is 11.8 Å². The molecular weight excluding hydrogens is 293 g/mol. The van der Waals surface area contributed by atoms with Crippen molar-refractivity contribution >= 4 is 5.82 Å². The van der Waals surface area contributed by atoms with E-state index >= 15 is 0 Å². The van der Waals surface area contributed by atoms with E-state index in [4.69, 9.17) is 10.00 Å². The lowest BCUT2D eigenvalue weighted by atomic mass is 9.87. The molecule has 0 aliphatic rings. The van der Waals surface area contributed by atoms with E-state index in [-0.39, 0.29) is 23.8 Å². The summed E-state index contributed by atoms with van der Waals surface area (Å²) in [4.78, 5) is 4.21. The van der Waals surface area contributed by atoms with Crippen molar-refractivity contribution in [3.63, 3.8) is 0 Å². The highest BCUT2D eigenvalue weighted by Gasteiger charge is 2.26. The molecule has 120 valence electrons. The maximum absolute atomic E-state index is 13.7. The van der Waals surface area contributed by atoms with Crippen LogP contribution in [0.5, 0.6) is 5.75 Å². The summed E-state index contributed by atoms with van der Waals surface area (Å²) in [7, 11) is 0. The molecule has 0 amide bonds. The summed E-state index contributed by atoms with van der Waals surface area (Å²) in [6, 6.07) is 11.7. The number of nitrogens with one attached hydrogen (secondary N) is 1. The van der Waals surface area contributed by atoms with Crippen molar-refractivity contribution < 1.29 is 9.13 Å². The summed E-state index contributed by atoms with van der Waals surface area (Å²) in [5, 5.41) is 12.4. The maximum Gasteiger partial charge on any atom is 0.165 e. The second-order valence-corrected chi connectivity index (χ2v) is 6.32. The number of aromatic nitrogens is 1. The highest BCUT2D eigenvalue weighted by Crippen LogP contribution is 2.25. The van der Waals surface area contributed by atoms with Gasteiger partial charge in [-0.05, 0) is 29.7 Å². The summed E-state index contributed by atoms with van der Waals surface area (Å²) < 4.78 is 19.3. The third-order valence-electron chi connectivity index (χ3n) is 3.53. The van der Waals surface area contributed by atoms with E-state index in [1.807, 2.05) is 20.8 Å². The molecule has 0 bridgehead atoms. The van der Waals surface area contributed by atoms with Crippen molar-refractivity contribution in [1.29, 1.82) is 5.26 Å². The van der Waals surface area contributed by atoms with Gasteiger partial charge in [-0.2, -0.15) is 5.26 Å². The van der Waals surface area contributed by atoms with Crippen molar-refractivity contribution in [2.24, 2.45) is 5.41 Å². The molecule has 0 aliphatic heterocycles. The van der Waals surface area contributed by atoms with Crippen LogP contribution in [-0.2, 0) is 0 Å². The number of nitriles is 1. The van der Waals surface area contributed by atoms with Gasteiger partial charge >= 0.3 is 0 Å². The van der Waals surface area contributed by atoms with Crippen LogP contribution >= 0.6 is 0 Å². The van der Waals surface area contributed by atoms with Crippen molar-refractivity contribution in [1.82, 2.24) is 4.98 Å². The number of pyridine rings is 1. The summed E-state index contributed by atoms with van der Waals surface area (Å²) >= 11 is 0. The van der Waals surface area contributed by atoms with Crippen LogP contribution in [0.4, 0.5) is 10.2 Å². The number of ether oxygens (including phenoxy) is 1. The Labute approximate surface area is 135 Å². The number of anilines is 1. The minimum Gasteiger partial charge on any atom is -0.488 e. The molecule has 1 aromatic carbocycles. The summed E-state index contributed by atoms with van der Waals surface area (Å²) in [5.74, 6) is 0.327. The predicted octanol–water partition coefficient (Wildman–Crippen LogP) is 4.00. The van der Waals surface area contributed by atoms with E-state index in [2.05, 4.69) is 16.4 Å². The van der Waals surface area contributed by atoms with E-state index in [9.17, 15) is 4.39 Å². The second kappa shape index (κ2) is 7.10. The van der Waals surface area contributed by atoms with Crippen LogP contribution < -0.4 is 10.1 Å². The molecule has 0 saturated carbocycles. The molecule has 0 spiro atoms. The average molecular weight is 313 g/mol. The first-order valence-electron chi connectivity index (χ1n) is 7.41. The molecule has 1 heterocycles. The standard InChI is InChI=1S/C18H20FN3O/c1-18(2,3)16(12-23-15-9-5-4-8-14(15)19)22-17-13(11-20)7-6-10-21-17/h4-10,16H,12H2,1-3H3,(H,21,22). The van der Waals surface area contributed by atoms with E-state index < -0.39 is 5.82 Å². The minimum atomic E-state index is -0.393. The Kier molecular flexibility index (Phi) is 5.17. The van der Waals surface area contributed by atoms with Crippen molar-refractivity contribution in [2.75, 3.05) is 11.9 Å². The topological polar surface area (TPSA) is 57.9 Å². The molecule has 2 aromatic rings. The molecule has 2 rings (SSSR count). The molecule has 0 aliphatic carbocycles. The monoisotopic (exact) mass is 313 g/mol. The van der Waals surface area contributed by atoms with Crippen LogP contribution in [0.2, 0.25) is 0 Å². The highest BCUT2D eigenvalue weighted by atomic mass is 19.1. The Hall–Kier alpha value is -2.61. The van der Waals surface area contributed by atoms with Crippen LogP contribution in [-0.4, -0.2) is 17.6 Å². The SMILES string of the molecule is CC(C)(C)C(COc1ccccc1F)Nc1ncccc1C#N. The Morgan fingerprint density at radius 1 is 1.26 bits per heavy atom. The molecule has 4 nitrogen and oxygen atoms in total. The van der Waals surface area contributed by atoms with Gasteiger partial charge in [0.1, 0.15) is 18.5 Å². The molecule has 1 N–H and O–H groups in total. The van der Waals surface area contributed by atoms with Crippen LogP contribution in [0, 0.1) is 22.6 Å². The van der Waals surface area contributed by atoms with Crippen LogP contribution in [0.3, 0.4) is 0 Å². The molecule has 0 fully saturated rings. The largest absolute Gasteiger partial charge is 0.488 e. The Bertz CT molecular complexity index is 704. The Morgan fingerprint density at radius 3 is 2.65 bits per heavy atom. The van der Waals surface area contributed by atoms with E-state index in [0.29, 0.717) is 11.4 Å². The van der Waals surface area contributed by atoms with Gasteiger partial charge in [-0.3, -0.25) is 0 Å².